The summed E-state index contributed by atoms with van der Waals surface area (Å²) in [4.78, 5) is 16.5. The average molecular weight is 283 g/mol. The fourth-order valence-electron chi connectivity index (χ4n) is 2.44. The Morgan fingerprint density at radius 1 is 1.38 bits per heavy atom. The molecule has 5 heteroatoms. The lowest BCUT2D eigenvalue weighted by Gasteiger charge is -2.14. The predicted molar refractivity (Wildman–Crippen MR) is 80.5 cm³/mol. The van der Waals surface area contributed by atoms with Crippen LogP contribution in [0.3, 0.4) is 0 Å². The number of carbonyl (C=O) groups is 1. The van der Waals surface area contributed by atoms with Crippen LogP contribution < -0.4 is 15.4 Å². The predicted octanol–water partition coefficient (Wildman–Crippen LogP) is 2.38. The van der Waals surface area contributed by atoms with Gasteiger partial charge in [0, 0.05) is 24.5 Å². The Morgan fingerprint density at radius 3 is 3.10 bits per heavy atom. The molecule has 0 fully saturated rings. The van der Waals surface area contributed by atoms with E-state index in [0.717, 1.165) is 23.5 Å². The van der Waals surface area contributed by atoms with Crippen LogP contribution in [0, 0.1) is 0 Å². The molecule has 1 aliphatic rings. The van der Waals surface area contributed by atoms with Gasteiger partial charge in [-0.3, -0.25) is 9.78 Å². The molecule has 2 N–H and O–H groups in total. The molecule has 1 amide bonds. The molecule has 1 aromatic heterocycles. The normalized spacial score (nSPS) is 16.0. The highest BCUT2D eigenvalue weighted by Gasteiger charge is 2.26. The molecule has 1 atom stereocenters. The summed E-state index contributed by atoms with van der Waals surface area (Å²) in [6, 6.07) is 9.44. The zero-order chi connectivity index (χ0) is 14.7. The third-order valence-corrected chi connectivity index (χ3v) is 3.44. The van der Waals surface area contributed by atoms with Crippen molar-refractivity contribution < 1.29 is 9.53 Å². The zero-order valence-electron chi connectivity index (χ0n) is 11.8. The quantitative estimate of drug-likeness (QED) is 0.904. The van der Waals surface area contributed by atoms with Gasteiger partial charge in [0.25, 0.3) is 5.91 Å². The van der Waals surface area contributed by atoms with Gasteiger partial charge in [0.1, 0.15) is 12.4 Å². The topological polar surface area (TPSA) is 63.2 Å². The highest BCUT2D eigenvalue weighted by atomic mass is 16.5. The van der Waals surface area contributed by atoms with Crippen molar-refractivity contribution >= 4 is 11.6 Å². The van der Waals surface area contributed by atoms with E-state index in [1.807, 2.05) is 31.2 Å². The van der Waals surface area contributed by atoms with Crippen molar-refractivity contribution in [2.75, 3.05) is 18.5 Å². The molecule has 108 valence electrons. The van der Waals surface area contributed by atoms with Crippen molar-refractivity contribution in [3.8, 4) is 5.75 Å². The summed E-state index contributed by atoms with van der Waals surface area (Å²) in [6.45, 7) is 3.20. The number of carbonyl (C=O) groups excluding carboxylic acids is 1. The van der Waals surface area contributed by atoms with Gasteiger partial charge in [-0.1, -0.05) is 18.2 Å². The first-order valence-electron chi connectivity index (χ1n) is 7.00. The second-order valence-electron chi connectivity index (χ2n) is 4.83. The number of pyridine rings is 1. The number of hydrogen-bond acceptors (Lipinski definition) is 4. The Bertz CT molecular complexity index is 657. The molecule has 0 spiro atoms. The number of anilines is 1. The van der Waals surface area contributed by atoms with E-state index in [1.165, 1.54) is 0 Å². The summed E-state index contributed by atoms with van der Waals surface area (Å²) in [5.41, 5.74) is 2.35. The van der Waals surface area contributed by atoms with E-state index in [-0.39, 0.29) is 11.9 Å². The van der Waals surface area contributed by atoms with Crippen molar-refractivity contribution in [2.45, 2.75) is 13.0 Å². The molecule has 0 saturated carbocycles. The Balaban J connectivity index is 1.79. The number of nitrogens with zero attached hydrogens (tertiary/aromatic N) is 1. The number of benzene rings is 1. The van der Waals surface area contributed by atoms with Crippen LogP contribution in [0.2, 0.25) is 0 Å². The van der Waals surface area contributed by atoms with Gasteiger partial charge in [0.15, 0.2) is 0 Å². The van der Waals surface area contributed by atoms with E-state index in [2.05, 4.69) is 15.6 Å². The van der Waals surface area contributed by atoms with E-state index in [1.54, 1.807) is 18.5 Å². The number of rotatable bonds is 4. The van der Waals surface area contributed by atoms with E-state index in [9.17, 15) is 4.79 Å². The minimum Gasteiger partial charge on any atom is -0.491 e. The van der Waals surface area contributed by atoms with E-state index >= 15 is 0 Å². The minimum atomic E-state index is -0.149. The second-order valence-corrected chi connectivity index (χ2v) is 4.83. The van der Waals surface area contributed by atoms with Crippen LogP contribution in [0.4, 0.5) is 5.69 Å². The van der Waals surface area contributed by atoms with Crippen LogP contribution in [0.25, 0.3) is 0 Å². The highest BCUT2D eigenvalue weighted by molar-refractivity contribution is 5.99. The highest BCUT2D eigenvalue weighted by Crippen LogP contribution is 2.32. The number of fused-ring (bicyclic) bond motifs is 1. The summed E-state index contributed by atoms with van der Waals surface area (Å²) < 4.78 is 5.58. The molecule has 0 radical (unpaired) electrons. The lowest BCUT2D eigenvalue weighted by Crippen LogP contribution is -2.30. The summed E-state index contributed by atoms with van der Waals surface area (Å²) in [6.07, 6.45) is 3.25. The SMILES string of the molecule is CCNc1ccncc1C(=O)NC1COc2ccccc21. The number of hydrogen-bond donors (Lipinski definition) is 2. The van der Waals surface area contributed by atoms with Crippen molar-refractivity contribution in [2.24, 2.45) is 0 Å². The van der Waals surface area contributed by atoms with Crippen LogP contribution >= 0.6 is 0 Å². The standard InChI is InChI=1S/C16H17N3O2/c1-2-18-13-7-8-17-9-12(13)16(20)19-14-10-21-15-6-4-3-5-11(14)15/h3-9,14H,2,10H2,1H3,(H,17,18)(H,19,20). The largest absolute Gasteiger partial charge is 0.491 e. The first kappa shape index (κ1) is 13.4. The molecule has 0 bridgehead atoms. The third-order valence-electron chi connectivity index (χ3n) is 3.44. The van der Waals surface area contributed by atoms with Gasteiger partial charge >= 0.3 is 0 Å². The molecule has 1 unspecified atom stereocenters. The summed E-state index contributed by atoms with van der Waals surface area (Å²) in [7, 11) is 0. The molecular weight excluding hydrogens is 266 g/mol. The second kappa shape index (κ2) is 5.83. The Kier molecular flexibility index (Phi) is 3.73. The van der Waals surface area contributed by atoms with Crippen LogP contribution in [0.5, 0.6) is 5.75 Å². The first-order chi connectivity index (χ1) is 10.3. The summed E-state index contributed by atoms with van der Waals surface area (Å²) in [5.74, 6) is 0.685. The maximum absolute atomic E-state index is 12.5. The van der Waals surface area contributed by atoms with Gasteiger partial charge in [-0.05, 0) is 19.1 Å². The van der Waals surface area contributed by atoms with Gasteiger partial charge in [0.05, 0.1) is 17.3 Å². The summed E-state index contributed by atoms with van der Waals surface area (Å²) in [5, 5.41) is 6.18. The lowest BCUT2D eigenvalue weighted by molar-refractivity contribution is 0.0931. The van der Waals surface area contributed by atoms with Crippen molar-refractivity contribution in [1.82, 2.24) is 10.3 Å². The van der Waals surface area contributed by atoms with E-state index < -0.39 is 0 Å². The van der Waals surface area contributed by atoms with Gasteiger partial charge in [0.2, 0.25) is 0 Å². The molecule has 2 heterocycles. The first-order valence-corrected chi connectivity index (χ1v) is 7.00. The van der Waals surface area contributed by atoms with Crippen LogP contribution in [0.1, 0.15) is 28.9 Å². The van der Waals surface area contributed by atoms with E-state index in [0.29, 0.717) is 12.2 Å². The fraction of sp³-hybridized carbons (Fsp3) is 0.250. The Labute approximate surface area is 123 Å². The molecule has 1 aromatic carbocycles. The number of amides is 1. The van der Waals surface area contributed by atoms with Crippen LogP contribution in [-0.2, 0) is 0 Å². The lowest BCUT2D eigenvalue weighted by atomic mass is 10.1. The molecule has 0 saturated heterocycles. The van der Waals surface area contributed by atoms with E-state index in [4.69, 9.17) is 4.74 Å². The van der Waals surface area contributed by atoms with Crippen LogP contribution in [0.15, 0.2) is 42.7 Å². The molecular formula is C16H17N3O2. The minimum absolute atomic E-state index is 0.122. The Hall–Kier alpha value is -2.56. The molecule has 3 rings (SSSR count). The maximum atomic E-state index is 12.5. The summed E-state index contributed by atoms with van der Waals surface area (Å²) >= 11 is 0. The van der Waals surface area contributed by atoms with Crippen molar-refractivity contribution in [1.29, 1.82) is 0 Å². The smallest absolute Gasteiger partial charge is 0.255 e. The van der Waals surface area contributed by atoms with Crippen LogP contribution in [-0.4, -0.2) is 24.0 Å². The van der Waals surface area contributed by atoms with Gasteiger partial charge in [-0.25, -0.2) is 0 Å². The van der Waals surface area contributed by atoms with Crippen molar-refractivity contribution in [3.63, 3.8) is 0 Å². The third kappa shape index (κ3) is 2.67. The number of aromatic nitrogens is 1. The number of ether oxygens (including phenoxy) is 1. The van der Waals surface area contributed by atoms with Gasteiger partial charge in [-0.15, -0.1) is 0 Å². The molecule has 2 aromatic rings. The molecule has 0 aliphatic carbocycles. The maximum Gasteiger partial charge on any atom is 0.255 e. The number of nitrogens with one attached hydrogen (secondary N) is 2. The fourth-order valence-corrected chi connectivity index (χ4v) is 2.44. The monoisotopic (exact) mass is 283 g/mol. The molecule has 1 aliphatic heterocycles. The van der Waals surface area contributed by atoms with Gasteiger partial charge in [-0.2, -0.15) is 0 Å². The average Bonchev–Trinajstić information content (AvgIpc) is 2.91. The molecule has 5 nitrogen and oxygen atoms in total. The zero-order valence-corrected chi connectivity index (χ0v) is 11.8. The van der Waals surface area contributed by atoms with Gasteiger partial charge < -0.3 is 15.4 Å². The molecule has 21 heavy (non-hydrogen) atoms. The number of para-hydroxylation sites is 1. The Morgan fingerprint density at radius 2 is 2.24 bits per heavy atom. The van der Waals surface area contributed by atoms with Crippen molar-refractivity contribution in [3.05, 3.63) is 53.9 Å².